The number of carbonyl (C=O) groups excluding carboxylic acids is 2. The third kappa shape index (κ3) is 6.21. The van der Waals surface area contributed by atoms with E-state index >= 15 is 0 Å². The van der Waals surface area contributed by atoms with Crippen LogP contribution in [0.3, 0.4) is 0 Å². The zero-order chi connectivity index (χ0) is 27.4. The minimum Gasteiger partial charge on any atom is -0.394 e. The molecule has 1 N–H and O–H groups in total. The van der Waals surface area contributed by atoms with Gasteiger partial charge in [-0.2, -0.15) is 0 Å². The molecule has 0 radical (unpaired) electrons. The fourth-order valence-corrected chi connectivity index (χ4v) is 5.33. The van der Waals surface area contributed by atoms with Gasteiger partial charge in [-0.25, -0.2) is 0 Å². The zero-order valence-corrected chi connectivity index (χ0v) is 23.2. The zero-order valence-electron chi connectivity index (χ0n) is 21.7. The summed E-state index contributed by atoms with van der Waals surface area (Å²) >= 11 is 12.2. The average molecular weight is 556 g/mol. The van der Waals surface area contributed by atoms with Crippen molar-refractivity contribution < 1.29 is 19.4 Å². The maximum absolute atomic E-state index is 13.9. The van der Waals surface area contributed by atoms with Gasteiger partial charge in [0.15, 0.2) is 0 Å². The molecule has 38 heavy (non-hydrogen) atoms. The average Bonchev–Trinajstić information content (AvgIpc) is 2.93. The minimum absolute atomic E-state index is 0.149. The van der Waals surface area contributed by atoms with Gasteiger partial charge in [0.25, 0.3) is 11.8 Å². The van der Waals surface area contributed by atoms with Crippen LogP contribution in [0, 0.1) is 5.92 Å². The highest BCUT2D eigenvalue weighted by Crippen LogP contribution is 2.31. The van der Waals surface area contributed by atoms with Gasteiger partial charge in [-0.15, -0.1) is 0 Å². The van der Waals surface area contributed by atoms with Crippen LogP contribution in [-0.2, 0) is 11.3 Å². The number of rotatable bonds is 5. The summed E-state index contributed by atoms with van der Waals surface area (Å²) in [6, 6.07) is 19.8. The van der Waals surface area contributed by atoms with E-state index in [2.05, 4.69) is 0 Å². The van der Waals surface area contributed by atoms with Crippen molar-refractivity contribution in [1.29, 1.82) is 0 Å². The van der Waals surface area contributed by atoms with Crippen LogP contribution in [-0.4, -0.2) is 65.6 Å². The van der Waals surface area contributed by atoms with Crippen molar-refractivity contribution in [1.82, 2.24) is 9.80 Å². The van der Waals surface area contributed by atoms with Crippen molar-refractivity contribution in [2.24, 2.45) is 5.92 Å². The van der Waals surface area contributed by atoms with E-state index in [1.807, 2.05) is 62.4 Å². The lowest BCUT2D eigenvalue weighted by Crippen LogP contribution is -2.47. The highest BCUT2D eigenvalue weighted by molar-refractivity contribution is 6.35. The first-order chi connectivity index (χ1) is 18.2. The molecule has 3 aromatic rings. The van der Waals surface area contributed by atoms with Crippen molar-refractivity contribution >= 4 is 35.0 Å². The standard InChI is InChI=1S/C30H32Cl2N2O4/c1-19-15-34(20(2)17-35)30(37)27-11-7-6-10-26(27)25-9-5-4-8-21(25)18-38-28(19)16-33(3)29(36)22-12-23(31)14-24(32)13-22/h4-14,19-20,28,35H,15-18H2,1-3H3/t19-,20-,28+/m0/s1. The van der Waals surface area contributed by atoms with Gasteiger partial charge in [-0.05, 0) is 47.9 Å². The second-order valence-electron chi connectivity index (χ2n) is 9.86. The number of amides is 2. The Morgan fingerprint density at radius 2 is 1.66 bits per heavy atom. The third-order valence-corrected chi connectivity index (χ3v) is 7.44. The number of likely N-dealkylation sites (N-methyl/N-ethyl adjacent to an activating group) is 1. The van der Waals surface area contributed by atoms with E-state index in [1.165, 1.54) is 0 Å². The predicted molar refractivity (Wildman–Crippen MR) is 151 cm³/mol. The van der Waals surface area contributed by atoms with Gasteiger partial charge in [-0.1, -0.05) is 72.6 Å². The van der Waals surface area contributed by atoms with Crippen LogP contribution in [0.25, 0.3) is 11.1 Å². The van der Waals surface area contributed by atoms with Gasteiger partial charge < -0.3 is 19.6 Å². The number of benzene rings is 3. The molecule has 3 atom stereocenters. The van der Waals surface area contributed by atoms with Crippen molar-refractivity contribution in [2.45, 2.75) is 32.6 Å². The minimum atomic E-state index is -0.400. The Morgan fingerprint density at radius 1 is 1.05 bits per heavy atom. The Morgan fingerprint density at radius 3 is 2.32 bits per heavy atom. The first kappa shape index (κ1) is 28.1. The van der Waals surface area contributed by atoms with E-state index in [-0.39, 0.29) is 30.9 Å². The van der Waals surface area contributed by atoms with Crippen molar-refractivity contribution in [3.63, 3.8) is 0 Å². The second-order valence-corrected chi connectivity index (χ2v) is 10.7. The Labute approximate surface area is 233 Å². The van der Waals surface area contributed by atoms with E-state index in [9.17, 15) is 14.7 Å². The number of ether oxygens (including phenoxy) is 1. The van der Waals surface area contributed by atoms with E-state index in [1.54, 1.807) is 35.0 Å². The quantitative estimate of drug-likeness (QED) is 0.433. The number of fused-ring (bicyclic) bond motifs is 3. The smallest absolute Gasteiger partial charge is 0.254 e. The monoisotopic (exact) mass is 554 g/mol. The van der Waals surface area contributed by atoms with E-state index in [0.717, 1.165) is 16.7 Å². The molecule has 200 valence electrons. The third-order valence-electron chi connectivity index (χ3n) is 7.00. The number of carbonyl (C=O) groups is 2. The Bertz CT molecular complexity index is 1290. The van der Waals surface area contributed by atoms with E-state index in [0.29, 0.717) is 34.3 Å². The summed E-state index contributed by atoms with van der Waals surface area (Å²) in [5.74, 6) is -0.532. The molecular weight excluding hydrogens is 523 g/mol. The lowest BCUT2D eigenvalue weighted by molar-refractivity contribution is -0.0209. The molecule has 0 aliphatic carbocycles. The fraction of sp³-hybridized carbons (Fsp3) is 0.333. The Kier molecular flexibility index (Phi) is 9.11. The molecule has 1 aliphatic rings. The van der Waals surface area contributed by atoms with Crippen LogP contribution in [0.5, 0.6) is 0 Å². The molecule has 0 aromatic heterocycles. The molecule has 0 unspecified atom stereocenters. The second kappa shape index (κ2) is 12.3. The van der Waals surface area contributed by atoms with Gasteiger partial charge in [0.2, 0.25) is 0 Å². The molecule has 1 aliphatic heterocycles. The number of aliphatic hydroxyl groups is 1. The molecular formula is C30H32Cl2N2O4. The van der Waals surface area contributed by atoms with Crippen molar-refractivity contribution in [2.75, 3.05) is 26.7 Å². The maximum atomic E-state index is 13.9. The molecule has 0 saturated carbocycles. The van der Waals surface area contributed by atoms with Crippen LogP contribution in [0.4, 0.5) is 0 Å². The molecule has 2 amide bonds. The summed E-state index contributed by atoms with van der Waals surface area (Å²) in [5, 5.41) is 10.8. The number of hydrogen-bond acceptors (Lipinski definition) is 4. The van der Waals surface area contributed by atoms with Gasteiger partial charge in [0, 0.05) is 47.2 Å². The maximum Gasteiger partial charge on any atom is 0.254 e. The van der Waals surface area contributed by atoms with Gasteiger partial charge in [-0.3, -0.25) is 9.59 Å². The molecule has 3 aromatic carbocycles. The predicted octanol–water partition coefficient (Wildman–Crippen LogP) is 5.79. The Hall–Kier alpha value is -2.90. The topological polar surface area (TPSA) is 70.1 Å². The van der Waals surface area contributed by atoms with Crippen LogP contribution >= 0.6 is 23.2 Å². The summed E-state index contributed by atoms with van der Waals surface area (Å²) in [4.78, 5) is 30.4. The molecule has 6 nitrogen and oxygen atoms in total. The van der Waals surface area contributed by atoms with Crippen LogP contribution in [0.2, 0.25) is 10.0 Å². The molecule has 0 spiro atoms. The number of halogens is 2. The molecule has 0 fully saturated rings. The van der Waals surface area contributed by atoms with Gasteiger partial charge in [0.05, 0.1) is 25.4 Å². The largest absolute Gasteiger partial charge is 0.394 e. The van der Waals surface area contributed by atoms with Crippen LogP contribution in [0.15, 0.2) is 66.7 Å². The fourth-order valence-electron chi connectivity index (χ4n) is 4.80. The van der Waals surface area contributed by atoms with Crippen molar-refractivity contribution in [3.8, 4) is 11.1 Å². The molecule has 1 heterocycles. The number of hydrogen-bond donors (Lipinski definition) is 1. The van der Waals surface area contributed by atoms with Crippen molar-refractivity contribution in [3.05, 3.63) is 93.5 Å². The number of aliphatic hydroxyl groups excluding tert-OH is 1. The molecule has 8 heteroatoms. The summed E-state index contributed by atoms with van der Waals surface area (Å²) in [6.45, 7) is 4.61. The SMILES string of the molecule is C[C@H]1CN([C@@H](C)CO)C(=O)c2ccccc2-c2ccccc2CO[C@@H]1CN(C)C(=O)c1cc(Cl)cc(Cl)c1. The van der Waals surface area contributed by atoms with Gasteiger partial charge >= 0.3 is 0 Å². The normalized spacial score (nSPS) is 18.7. The highest BCUT2D eigenvalue weighted by Gasteiger charge is 2.31. The number of nitrogens with zero attached hydrogens (tertiary/aromatic N) is 2. The molecule has 0 saturated heterocycles. The van der Waals surface area contributed by atoms with E-state index in [4.69, 9.17) is 27.9 Å². The van der Waals surface area contributed by atoms with Crippen LogP contribution < -0.4 is 0 Å². The summed E-state index contributed by atoms with van der Waals surface area (Å²) in [7, 11) is 1.71. The first-order valence-corrected chi connectivity index (χ1v) is 13.4. The Balaban J connectivity index is 1.70. The highest BCUT2D eigenvalue weighted by atomic mass is 35.5. The van der Waals surface area contributed by atoms with Gasteiger partial charge in [0.1, 0.15) is 0 Å². The molecule has 0 bridgehead atoms. The molecule has 4 rings (SSSR count). The lowest BCUT2D eigenvalue weighted by Gasteiger charge is -2.35. The first-order valence-electron chi connectivity index (χ1n) is 12.6. The summed E-state index contributed by atoms with van der Waals surface area (Å²) in [6.07, 6.45) is -0.394. The van der Waals surface area contributed by atoms with E-state index < -0.39 is 12.1 Å². The lowest BCUT2D eigenvalue weighted by atomic mass is 9.94. The summed E-state index contributed by atoms with van der Waals surface area (Å²) in [5.41, 5.74) is 3.66. The summed E-state index contributed by atoms with van der Waals surface area (Å²) < 4.78 is 6.48. The van der Waals surface area contributed by atoms with Crippen LogP contribution in [0.1, 0.15) is 40.1 Å².